The number of halogens is 1. The Labute approximate surface area is 125 Å². The molecule has 2 N–H and O–H groups in total. The summed E-state index contributed by atoms with van der Waals surface area (Å²) < 4.78 is 13.0. The van der Waals surface area contributed by atoms with Crippen molar-refractivity contribution in [3.8, 4) is 0 Å². The SMILES string of the molecule is CC1CCN(CC(O)CNC(=O)c2cccc(F)c2)CC1. The second-order valence-corrected chi connectivity index (χ2v) is 5.86. The van der Waals surface area contributed by atoms with E-state index in [-0.39, 0.29) is 18.0 Å². The Balaban J connectivity index is 1.73. The molecule has 1 aliphatic heterocycles. The summed E-state index contributed by atoms with van der Waals surface area (Å²) in [6.45, 7) is 4.98. The number of rotatable bonds is 5. The maximum absolute atomic E-state index is 13.0. The highest BCUT2D eigenvalue weighted by Crippen LogP contribution is 2.15. The van der Waals surface area contributed by atoms with Crippen LogP contribution in [0.3, 0.4) is 0 Å². The average molecular weight is 294 g/mol. The summed E-state index contributed by atoms with van der Waals surface area (Å²) in [5.74, 6) is -0.0440. The molecule has 0 aromatic heterocycles. The Hall–Kier alpha value is -1.46. The lowest BCUT2D eigenvalue weighted by molar-refractivity contribution is 0.0795. The smallest absolute Gasteiger partial charge is 0.251 e. The molecule has 0 radical (unpaired) electrons. The minimum Gasteiger partial charge on any atom is -0.390 e. The van der Waals surface area contributed by atoms with Crippen LogP contribution in [0, 0.1) is 11.7 Å². The number of β-amino-alcohol motifs (C(OH)–C–C–N with tert-alkyl or cyclic N) is 1. The number of hydrogen-bond donors (Lipinski definition) is 2. The molecule has 0 saturated carbocycles. The fourth-order valence-corrected chi connectivity index (χ4v) is 2.55. The molecule has 21 heavy (non-hydrogen) atoms. The first kappa shape index (κ1) is 15.9. The summed E-state index contributed by atoms with van der Waals surface area (Å²) in [4.78, 5) is 14.1. The molecule has 0 bridgehead atoms. The van der Waals surface area contributed by atoms with Crippen LogP contribution in [0.15, 0.2) is 24.3 Å². The number of likely N-dealkylation sites (tertiary alicyclic amines) is 1. The van der Waals surface area contributed by atoms with Crippen LogP contribution in [0.5, 0.6) is 0 Å². The maximum atomic E-state index is 13.0. The lowest BCUT2D eigenvalue weighted by Crippen LogP contribution is -2.43. The summed E-state index contributed by atoms with van der Waals surface area (Å²) in [6, 6.07) is 5.53. The Morgan fingerprint density at radius 1 is 1.48 bits per heavy atom. The zero-order valence-electron chi connectivity index (χ0n) is 12.4. The molecule has 5 heteroatoms. The van der Waals surface area contributed by atoms with Crippen LogP contribution in [0.4, 0.5) is 4.39 Å². The van der Waals surface area contributed by atoms with Gasteiger partial charge in [0.05, 0.1) is 6.10 Å². The van der Waals surface area contributed by atoms with E-state index in [1.54, 1.807) is 6.07 Å². The molecule has 1 amide bonds. The van der Waals surface area contributed by atoms with Gasteiger partial charge in [0.15, 0.2) is 0 Å². The molecule has 1 saturated heterocycles. The number of benzene rings is 1. The van der Waals surface area contributed by atoms with E-state index in [1.165, 1.54) is 18.2 Å². The molecule has 1 aliphatic rings. The van der Waals surface area contributed by atoms with Gasteiger partial charge < -0.3 is 15.3 Å². The number of carbonyl (C=O) groups excluding carboxylic acids is 1. The third-order valence-electron chi connectivity index (χ3n) is 3.93. The molecule has 1 aromatic rings. The largest absolute Gasteiger partial charge is 0.390 e. The van der Waals surface area contributed by atoms with Crippen LogP contribution in [0.2, 0.25) is 0 Å². The predicted molar refractivity (Wildman–Crippen MR) is 79.6 cm³/mol. The van der Waals surface area contributed by atoms with Gasteiger partial charge in [-0.3, -0.25) is 4.79 Å². The molecule has 0 spiro atoms. The van der Waals surface area contributed by atoms with E-state index < -0.39 is 11.9 Å². The van der Waals surface area contributed by atoms with E-state index in [2.05, 4.69) is 17.1 Å². The van der Waals surface area contributed by atoms with Crippen molar-refractivity contribution in [2.75, 3.05) is 26.2 Å². The number of carbonyl (C=O) groups is 1. The van der Waals surface area contributed by atoms with E-state index in [0.717, 1.165) is 31.8 Å². The van der Waals surface area contributed by atoms with Crippen LogP contribution in [0.25, 0.3) is 0 Å². The van der Waals surface area contributed by atoms with Gasteiger partial charge in [-0.05, 0) is 50.0 Å². The third-order valence-corrected chi connectivity index (χ3v) is 3.93. The zero-order chi connectivity index (χ0) is 15.2. The normalized spacial score (nSPS) is 18.4. The van der Waals surface area contributed by atoms with Gasteiger partial charge in [0.1, 0.15) is 5.82 Å². The Morgan fingerprint density at radius 3 is 2.86 bits per heavy atom. The fourth-order valence-electron chi connectivity index (χ4n) is 2.55. The van der Waals surface area contributed by atoms with Crippen molar-refractivity contribution in [1.82, 2.24) is 10.2 Å². The van der Waals surface area contributed by atoms with Crippen LogP contribution >= 0.6 is 0 Å². The van der Waals surface area contributed by atoms with Gasteiger partial charge in [0.25, 0.3) is 5.91 Å². The molecule has 1 fully saturated rings. The maximum Gasteiger partial charge on any atom is 0.251 e. The number of nitrogens with zero attached hydrogens (tertiary/aromatic N) is 1. The van der Waals surface area contributed by atoms with Crippen molar-refractivity contribution >= 4 is 5.91 Å². The van der Waals surface area contributed by atoms with Crippen molar-refractivity contribution < 1.29 is 14.3 Å². The van der Waals surface area contributed by atoms with Crippen molar-refractivity contribution in [3.63, 3.8) is 0 Å². The summed E-state index contributed by atoms with van der Waals surface area (Å²) in [5.41, 5.74) is 0.272. The molecule has 4 nitrogen and oxygen atoms in total. The molecule has 0 aliphatic carbocycles. The van der Waals surface area contributed by atoms with E-state index in [4.69, 9.17) is 0 Å². The lowest BCUT2D eigenvalue weighted by Gasteiger charge is -2.31. The minimum atomic E-state index is -0.601. The fraction of sp³-hybridized carbons (Fsp3) is 0.562. The van der Waals surface area contributed by atoms with Crippen LogP contribution in [0.1, 0.15) is 30.1 Å². The minimum absolute atomic E-state index is 0.182. The van der Waals surface area contributed by atoms with Gasteiger partial charge in [-0.2, -0.15) is 0 Å². The predicted octanol–water partition coefficient (Wildman–Crippen LogP) is 1.65. The Kier molecular flexibility index (Phi) is 5.70. The van der Waals surface area contributed by atoms with Crippen molar-refractivity contribution in [2.24, 2.45) is 5.92 Å². The van der Waals surface area contributed by atoms with E-state index >= 15 is 0 Å². The molecule has 116 valence electrons. The standard InChI is InChI=1S/C16H23FN2O2/c1-12-5-7-19(8-6-12)11-15(20)10-18-16(21)13-3-2-4-14(17)9-13/h2-4,9,12,15,20H,5-8,10-11H2,1H3,(H,18,21). The number of aliphatic hydroxyl groups excluding tert-OH is 1. The van der Waals surface area contributed by atoms with E-state index in [0.29, 0.717) is 6.54 Å². The molecular weight excluding hydrogens is 271 g/mol. The first-order valence-electron chi connectivity index (χ1n) is 7.49. The highest BCUT2D eigenvalue weighted by Gasteiger charge is 2.18. The molecule has 1 aromatic carbocycles. The molecule has 1 atom stereocenters. The monoisotopic (exact) mass is 294 g/mol. The summed E-state index contributed by atoms with van der Waals surface area (Å²) in [5, 5.41) is 12.6. The molecule has 1 unspecified atom stereocenters. The van der Waals surface area contributed by atoms with Crippen LogP contribution in [-0.4, -0.2) is 48.2 Å². The molecule has 1 heterocycles. The number of nitrogens with one attached hydrogen (secondary N) is 1. The number of hydrogen-bond acceptors (Lipinski definition) is 3. The van der Waals surface area contributed by atoms with Crippen LogP contribution < -0.4 is 5.32 Å². The van der Waals surface area contributed by atoms with Gasteiger partial charge in [0.2, 0.25) is 0 Å². The quantitative estimate of drug-likeness (QED) is 0.868. The Morgan fingerprint density at radius 2 is 2.19 bits per heavy atom. The number of amides is 1. The van der Waals surface area contributed by atoms with Crippen molar-refractivity contribution in [1.29, 1.82) is 0 Å². The first-order chi connectivity index (χ1) is 10.0. The molecular formula is C16H23FN2O2. The van der Waals surface area contributed by atoms with E-state index in [9.17, 15) is 14.3 Å². The highest BCUT2D eigenvalue weighted by atomic mass is 19.1. The zero-order valence-corrected chi connectivity index (χ0v) is 12.4. The topological polar surface area (TPSA) is 52.6 Å². The van der Waals surface area contributed by atoms with Crippen molar-refractivity contribution in [3.05, 3.63) is 35.6 Å². The van der Waals surface area contributed by atoms with Crippen molar-refractivity contribution in [2.45, 2.75) is 25.9 Å². The van der Waals surface area contributed by atoms with Gasteiger partial charge >= 0.3 is 0 Å². The Bertz CT molecular complexity index is 473. The van der Waals surface area contributed by atoms with E-state index in [1.807, 2.05) is 0 Å². The first-order valence-corrected chi connectivity index (χ1v) is 7.49. The number of piperidine rings is 1. The number of aliphatic hydroxyl groups is 1. The summed E-state index contributed by atoms with van der Waals surface area (Å²) >= 11 is 0. The highest BCUT2D eigenvalue weighted by molar-refractivity contribution is 5.94. The van der Waals surface area contributed by atoms with Gasteiger partial charge in [-0.15, -0.1) is 0 Å². The van der Waals surface area contributed by atoms with Gasteiger partial charge in [-0.1, -0.05) is 13.0 Å². The second kappa shape index (κ2) is 7.52. The summed E-state index contributed by atoms with van der Waals surface area (Å²) in [7, 11) is 0. The van der Waals surface area contributed by atoms with Crippen LogP contribution in [-0.2, 0) is 0 Å². The van der Waals surface area contributed by atoms with Gasteiger partial charge in [0, 0.05) is 18.7 Å². The second-order valence-electron chi connectivity index (χ2n) is 5.86. The van der Waals surface area contributed by atoms with Gasteiger partial charge in [-0.25, -0.2) is 4.39 Å². The molecule has 2 rings (SSSR count). The average Bonchev–Trinajstić information content (AvgIpc) is 2.47. The lowest BCUT2D eigenvalue weighted by atomic mass is 9.99. The third kappa shape index (κ3) is 5.10. The summed E-state index contributed by atoms with van der Waals surface area (Å²) in [6.07, 6.45) is 1.71.